The van der Waals surface area contributed by atoms with Crippen molar-refractivity contribution < 1.29 is 0 Å². The van der Waals surface area contributed by atoms with Gasteiger partial charge in [0.05, 0.1) is 5.56 Å². The number of likely N-dealkylation sites (tertiary alicyclic amines) is 1. The molecule has 0 aromatic heterocycles. The zero-order valence-electron chi connectivity index (χ0n) is 10.8. The fourth-order valence-electron chi connectivity index (χ4n) is 2.29. The number of nitriles is 1. The Morgan fingerprint density at radius 1 is 1.44 bits per heavy atom. The van der Waals surface area contributed by atoms with Crippen LogP contribution >= 0.6 is 0 Å². The second-order valence-electron chi connectivity index (χ2n) is 5.04. The summed E-state index contributed by atoms with van der Waals surface area (Å²) >= 11 is 0. The fraction of sp³-hybridized carbons (Fsp3) is 0.500. The van der Waals surface area contributed by atoms with Gasteiger partial charge < -0.3 is 16.0 Å². The van der Waals surface area contributed by atoms with Crippen LogP contribution in [0.5, 0.6) is 0 Å². The Bertz CT molecular complexity index is 442. The number of nitrogens with one attached hydrogen (secondary N) is 1. The number of hydrogen-bond acceptors (Lipinski definition) is 4. The van der Waals surface area contributed by atoms with Gasteiger partial charge in [-0.1, -0.05) is 0 Å². The fourth-order valence-corrected chi connectivity index (χ4v) is 2.29. The standard InChI is InChI=1S/C14H20N4/c1-18-6-4-11(5-7-18)10-17-13-2-3-14(16)12(8-13)9-15/h2-3,8,11,17H,4-7,10,16H2,1H3. The minimum atomic E-state index is 0.544. The molecule has 1 aromatic rings. The van der Waals surface area contributed by atoms with Gasteiger partial charge in [0.15, 0.2) is 0 Å². The van der Waals surface area contributed by atoms with Crippen LogP contribution in [0.2, 0.25) is 0 Å². The van der Waals surface area contributed by atoms with Gasteiger partial charge in [-0.2, -0.15) is 5.26 Å². The van der Waals surface area contributed by atoms with Gasteiger partial charge in [-0.3, -0.25) is 0 Å². The highest BCUT2D eigenvalue weighted by Crippen LogP contribution is 2.20. The zero-order chi connectivity index (χ0) is 13.0. The molecule has 3 N–H and O–H groups in total. The summed E-state index contributed by atoms with van der Waals surface area (Å²) in [5.74, 6) is 0.726. The Balaban J connectivity index is 1.89. The van der Waals surface area contributed by atoms with E-state index in [-0.39, 0.29) is 0 Å². The molecule has 0 amide bonds. The van der Waals surface area contributed by atoms with Crippen LogP contribution in [-0.2, 0) is 0 Å². The Morgan fingerprint density at radius 2 is 2.17 bits per heavy atom. The van der Waals surface area contributed by atoms with Crippen LogP contribution in [0.4, 0.5) is 11.4 Å². The predicted molar refractivity (Wildman–Crippen MR) is 74.3 cm³/mol. The number of nitrogen functional groups attached to an aromatic ring is 1. The Hall–Kier alpha value is -1.73. The van der Waals surface area contributed by atoms with Crippen molar-refractivity contribution in [1.29, 1.82) is 5.26 Å². The third-order valence-electron chi connectivity index (χ3n) is 3.61. The molecule has 96 valence electrons. The molecule has 4 nitrogen and oxygen atoms in total. The summed E-state index contributed by atoms with van der Waals surface area (Å²) in [6, 6.07) is 7.65. The molecule has 1 aliphatic heterocycles. The second kappa shape index (κ2) is 5.74. The molecular weight excluding hydrogens is 224 g/mol. The Labute approximate surface area is 108 Å². The normalized spacial score (nSPS) is 17.3. The molecule has 1 heterocycles. The number of piperidine rings is 1. The first kappa shape index (κ1) is 12.7. The monoisotopic (exact) mass is 244 g/mol. The summed E-state index contributed by atoms with van der Waals surface area (Å²) in [6.45, 7) is 3.33. The largest absolute Gasteiger partial charge is 0.398 e. The van der Waals surface area contributed by atoms with E-state index in [0.717, 1.165) is 18.2 Å². The molecule has 0 saturated carbocycles. The van der Waals surface area contributed by atoms with Crippen molar-refractivity contribution in [3.8, 4) is 6.07 Å². The molecule has 18 heavy (non-hydrogen) atoms. The minimum absolute atomic E-state index is 0.544. The van der Waals surface area contributed by atoms with Crippen molar-refractivity contribution in [3.05, 3.63) is 23.8 Å². The van der Waals surface area contributed by atoms with Gasteiger partial charge in [0.25, 0.3) is 0 Å². The van der Waals surface area contributed by atoms with E-state index in [1.165, 1.54) is 25.9 Å². The molecule has 1 aromatic carbocycles. The lowest BCUT2D eigenvalue weighted by molar-refractivity contribution is 0.226. The van der Waals surface area contributed by atoms with E-state index in [1.807, 2.05) is 12.1 Å². The van der Waals surface area contributed by atoms with Crippen LogP contribution in [0, 0.1) is 17.2 Å². The lowest BCUT2D eigenvalue weighted by atomic mass is 9.97. The first-order valence-corrected chi connectivity index (χ1v) is 6.41. The predicted octanol–water partition coefficient (Wildman–Crippen LogP) is 1.89. The molecule has 4 heteroatoms. The zero-order valence-corrected chi connectivity index (χ0v) is 10.8. The molecule has 0 bridgehead atoms. The summed E-state index contributed by atoms with van der Waals surface area (Å²) in [7, 11) is 2.17. The van der Waals surface area contributed by atoms with Gasteiger partial charge >= 0.3 is 0 Å². The summed E-state index contributed by atoms with van der Waals surface area (Å²) in [5.41, 5.74) is 7.77. The number of rotatable bonds is 3. The van der Waals surface area contributed by atoms with Crippen molar-refractivity contribution in [2.75, 3.05) is 37.7 Å². The van der Waals surface area contributed by atoms with Crippen molar-refractivity contribution in [2.45, 2.75) is 12.8 Å². The highest BCUT2D eigenvalue weighted by molar-refractivity contribution is 5.61. The summed E-state index contributed by atoms with van der Waals surface area (Å²) in [5, 5.41) is 12.3. The van der Waals surface area contributed by atoms with Gasteiger partial charge in [-0.25, -0.2) is 0 Å². The lowest BCUT2D eigenvalue weighted by Crippen LogP contribution is -2.32. The first-order valence-electron chi connectivity index (χ1n) is 6.41. The molecule has 0 radical (unpaired) electrons. The maximum atomic E-state index is 8.93. The summed E-state index contributed by atoms with van der Waals surface area (Å²) in [4.78, 5) is 2.37. The van der Waals surface area contributed by atoms with Gasteiger partial charge in [-0.05, 0) is 57.1 Å². The molecule has 0 atom stereocenters. The van der Waals surface area contributed by atoms with E-state index < -0.39 is 0 Å². The van der Waals surface area contributed by atoms with Crippen LogP contribution < -0.4 is 11.1 Å². The van der Waals surface area contributed by atoms with Crippen LogP contribution in [0.15, 0.2) is 18.2 Å². The Kier molecular flexibility index (Phi) is 4.06. The highest BCUT2D eigenvalue weighted by Gasteiger charge is 2.16. The maximum Gasteiger partial charge on any atom is 0.101 e. The highest BCUT2D eigenvalue weighted by atomic mass is 15.1. The number of nitrogens with two attached hydrogens (primary N) is 1. The molecule has 0 spiro atoms. The first-order chi connectivity index (χ1) is 8.69. The van der Waals surface area contributed by atoms with Crippen LogP contribution in [0.3, 0.4) is 0 Å². The summed E-state index contributed by atoms with van der Waals surface area (Å²) in [6.07, 6.45) is 2.48. The Morgan fingerprint density at radius 3 is 2.83 bits per heavy atom. The van der Waals surface area contributed by atoms with Crippen molar-refractivity contribution in [1.82, 2.24) is 4.90 Å². The van der Waals surface area contributed by atoms with E-state index in [2.05, 4.69) is 23.3 Å². The van der Waals surface area contributed by atoms with Gasteiger partial charge in [-0.15, -0.1) is 0 Å². The van der Waals surface area contributed by atoms with E-state index in [9.17, 15) is 0 Å². The molecule has 1 fully saturated rings. The van der Waals surface area contributed by atoms with Gasteiger partial charge in [0.1, 0.15) is 6.07 Å². The lowest BCUT2D eigenvalue weighted by Gasteiger charge is -2.29. The van der Waals surface area contributed by atoms with Gasteiger partial charge in [0.2, 0.25) is 0 Å². The van der Waals surface area contributed by atoms with E-state index in [0.29, 0.717) is 11.3 Å². The smallest absolute Gasteiger partial charge is 0.101 e. The molecule has 2 rings (SSSR count). The minimum Gasteiger partial charge on any atom is -0.398 e. The average molecular weight is 244 g/mol. The SMILES string of the molecule is CN1CCC(CNc2ccc(N)c(C#N)c2)CC1. The van der Waals surface area contributed by atoms with Crippen molar-refractivity contribution in [3.63, 3.8) is 0 Å². The quantitative estimate of drug-likeness (QED) is 0.797. The van der Waals surface area contributed by atoms with Crippen molar-refractivity contribution >= 4 is 11.4 Å². The van der Waals surface area contributed by atoms with Crippen LogP contribution in [0.25, 0.3) is 0 Å². The van der Waals surface area contributed by atoms with Gasteiger partial charge in [0, 0.05) is 17.9 Å². The van der Waals surface area contributed by atoms with E-state index in [4.69, 9.17) is 11.0 Å². The molecule has 0 aliphatic carbocycles. The van der Waals surface area contributed by atoms with Crippen LogP contribution in [-0.4, -0.2) is 31.6 Å². The molecular formula is C14H20N4. The third-order valence-corrected chi connectivity index (χ3v) is 3.61. The topological polar surface area (TPSA) is 65.1 Å². The number of hydrogen-bond donors (Lipinski definition) is 2. The third kappa shape index (κ3) is 3.14. The number of anilines is 2. The number of nitrogens with zero attached hydrogens (tertiary/aromatic N) is 2. The maximum absolute atomic E-state index is 8.93. The van der Waals surface area contributed by atoms with Crippen molar-refractivity contribution in [2.24, 2.45) is 5.92 Å². The molecule has 1 saturated heterocycles. The van der Waals surface area contributed by atoms with E-state index in [1.54, 1.807) is 6.07 Å². The number of benzene rings is 1. The van der Waals surface area contributed by atoms with E-state index >= 15 is 0 Å². The molecule has 1 aliphatic rings. The summed E-state index contributed by atoms with van der Waals surface area (Å²) < 4.78 is 0. The van der Waals surface area contributed by atoms with Crippen LogP contribution in [0.1, 0.15) is 18.4 Å². The second-order valence-corrected chi connectivity index (χ2v) is 5.04. The molecule has 0 unspecified atom stereocenters. The average Bonchev–Trinajstić information content (AvgIpc) is 2.39.